The number of H-pyrrole nitrogens is 1. The van der Waals surface area contributed by atoms with E-state index >= 15 is 0 Å². The van der Waals surface area contributed by atoms with Crippen LogP contribution in [0.2, 0.25) is 0 Å². The molecule has 2 aromatic heterocycles. The lowest BCUT2D eigenvalue weighted by Gasteiger charge is -2.11. The first-order valence-electron chi connectivity index (χ1n) is 8.72. The summed E-state index contributed by atoms with van der Waals surface area (Å²) in [6, 6.07) is 10.5. The van der Waals surface area contributed by atoms with Crippen LogP contribution >= 0.6 is 24.0 Å². The van der Waals surface area contributed by atoms with Gasteiger partial charge in [-0.1, -0.05) is 24.3 Å². The third kappa shape index (κ3) is 5.56. The molecule has 0 aliphatic rings. The number of aryl methyl sites for hydroxylation is 1. The minimum absolute atomic E-state index is 0. The lowest BCUT2D eigenvalue weighted by Crippen LogP contribution is -2.38. The molecule has 0 saturated carbocycles. The van der Waals surface area contributed by atoms with Crippen molar-refractivity contribution in [3.05, 3.63) is 60.3 Å². The lowest BCUT2D eigenvalue weighted by atomic mass is 10.2. The molecule has 3 N–H and O–H groups in total. The molecule has 0 aliphatic heterocycles. The van der Waals surface area contributed by atoms with E-state index in [1.165, 1.54) is 16.6 Å². The topological polar surface area (TPSA) is 82.9 Å². The number of halogens is 1. The summed E-state index contributed by atoms with van der Waals surface area (Å²) >= 11 is 0. The number of aliphatic imine (C=N–C) groups is 1. The monoisotopic (exact) mass is 479 g/mol. The summed E-state index contributed by atoms with van der Waals surface area (Å²) in [6.07, 6.45) is 2.69. The summed E-state index contributed by atoms with van der Waals surface area (Å²) < 4.78 is 1.94. The van der Waals surface area contributed by atoms with Gasteiger partial charge in [0, 0.05) is 37.8 Å². The minimum Gasteiger partial charge on any atom is -0.358 e. The Kier molecular flexibility index (Phi) is 7.83. The van der Waals surface area contributed by atoms with Gasteiger partial charge in [0.1, 0.15) is 12.4 Å². The molecule has 0 saturated heterocycles. The average Bonchev–Trinajstić information content (AvgIpc) is 3.20. The van der Waals surface area contributed by atoms with Gasteiger partial charge in [-0.05, 0) is 24.4 Å². The van der Waals surface area contributed by atoms with E-state index in [1.54, 1.807) is 6.08 Å². The number of fused-ring (bicyclic) bond motifs is 1. The zero-order chi connectivity index (χ0) is 18.4. The number of guanidine groups is 1. The van der Waals surface area contributed by atoms with Crippen LogP contribution in [0.5, 0.6) is 0 Å². The van der Waals surface area contributed by atoms with Crippen molar-refractivity contribution in [1.29, 1.82) is 0 Å². The smallest absolute Gasteiger partial charge is 0.191 e. The molecule has 0 fully saturated rings. The first kappa shape index (κ1) is 20.9. The van der Waals surface area contributed by atoms with Crippen LogP contribution in [0.1, 0.15) is 17.3 Å². The van der Waals surface area contributed by atoms with Gasteiger partial charge in [-0.15, -0.1) is 40.8 Å². The first-order chi connectivity index (χ1) is 12.7. The van der Waals surface area contributed by atoms with Crippen LogP contribution in [0.3, 0.4) is 0 Å². The number of nitrogens with one attached hydrogen (secondary N) is 3. The highest BCUT2D eigenvalue weighted by Crippen LogP contribution is 2.14. The van der Waals surface area contributed by atoms with Gasteiger partial charge in [-0.3, -0.25) is 0 Å². The molecule has 3 aromatic rings. The van der Waals surface area contributed by atoms with Crippen LogP contribution in [0.25, 0.3) is 10.9 Å². The molecule has 0 amide bonds. The first-order valence-corrected chi connectivity index (χ1v) is 8.72. The van der Waals surface area contributed by atoms with Crippen molar-refractivity contribution in [2.45, 2.75) is 19.9 Å². The molecule has 0 unspecified atom stereocenters. The highest BCUT2D eigenvalue weighted by Gasteiger charge is 2.05. The molecule has 144 valence electrons. The van der Waals surface area contributed by atoms with E-state index < -0.39 is 0 Å². The van der Waals surface area contributed by atoms with Crippen LogP contribution in [-0.4, -0.2) is 38.8 Å². The summed E-state index contributed by atoms with van der Waals surface area (Å²) in [5.41, 5.74) is 2.37. The van der Waals surface area contributed by atoms with Gasteiger partial charge in [0.25, 0.3) is 0 Å². The van der Waals surface area contributed by atoms with Crippen molar-refractivity contribution in [3.63, 3.8) is 0 Å². The van der Waals surface area contributed by atoms with Crippen LogP contribution in [0.4, 0.5) is 0 Å². The Balaban J connectivity index is 0.00000261. The molecule has 3 rings (SSSR count). The van der Waals surface area contributed by atoms with Crippen LogP contribution < -0.4 is 10.6 Å². The summed E-state index contributed by atoms with van der Waals surface area (Å²) in [5.74, 6) is 2.45. The number of aromatic nitrogens is 4. The molecule has 8 heteroatoms. The molecule has 7 nitrogen and oxygen atoms in total. The molecule has 0 spiro atoms. The fourth-order valence-electron chi connectivity index (χ4n) is 2.67. The Labute approximate surface area is 176 Å². The van der Waals surface area contributed by atoms with Gasteiger partial charge in [0.15, 0.2) is 11.8 Å². The van der Waals surface area contributed by atoms with Gasteiger partial charge in [-0.25, -0.2) is 4.99 Å². The minimum atomic E-state index is 0. The molecular weight excluding hydrogens is 453 g/mol. The van der Waals surface area contributed by atoms with Crippen molar-refractivity contribution in [3.8, 4) is 0 Å². The fraction of sp³-hybridized carbons (Fsp3) is 0.316. The predicted molar refractivity (Wildman–Crippen MR) is 120 cm³/mol. The van der Waals surface area contributed by atoms with Crippen LogP contribution in [0, 0.1) is 6.92 Å². The second-order valence-corrected chi connectivity index (χ2v) is 6.12. The predicted octanol–water partition coefficient (Wildman–Crippen LogP) is 2.69. The molecule has 0 aliphatic carbocycles. The number of hydrogen-bond donors (Lipinski definition) is 3. The normalized spacial score (nSPS) is 11.3. The fourth-order valence-corrected chi connectivity index (χ4v) is 2.67. The van der Waals surface area contributed by atoms with E-state index in [2.05, 4.69) is 61.7 Å². The zero-order valence-electron chi connectivity index (χ0n) is 15.7. The zero-order valence-corrected chi connectivity index (χ0v) is 18.0. The lowest BCUT2D eigenvalue weighted by molar-refractivity contribution is 0.755. The molecular formula is C19H26IN7. The maximum Gasteiger partial charge on any atom is 0.191 e. The van der Waals surface area contributed by atoms with Crippen LogP contribution in [0.15, 0.2) is 48.0 Å². The molecule has 0 radical (unpaired) electrons. The van der Waals surface area contributed by atoms with Crippen molar-refractivity contribution < 1.29 is 0 Å². The van der Waals surface area contributed by atoms with E-state index in [0.717, 1.165) is 30.6 Å². The standard InChI is InChI=1S/C19H25N7.HI/c1-4-10-20-19(22-13-18-25-24-14(2)26(18)3)21-11-9-16-12-15-7-5-6-8-17(15)23-16;/h4-8,12,23H,1,9-11,13H2,2-3H3,(H2,20,21,22);1H. The highest BCUT2D eigenvalue weighted by molar-refractivity contribution is 14.0. The number of nitrogens with zero attached hydrogens (tertiary/aromatic N) is 4. The van der Waals surface area contributed by atoms with Gasteiger partial charge < -0.3 is 20.2 Å². The largest absolute Gasteiger partial charge is 0.358 e. The van der Waals surface area contributed by atoms with E-state index in [9.17, 15) is 0 Å². The quantitative estimate of drug-likeness (QED) is 0.211. The second kappa shape index (κ2) is 10.1. The molecule has 0 bridgehead atoms. The van der Waals surface area contributed by atoms with Gasteiger partial charge >= 0.3 is 0 Å². The molecule has 1 aromatic carbocycles. The summed E-state index contributed by atoms with van der Waals surface area (Å²) in [5, 5.41) is 16.0. The number of para-hydroxylation sites is 1. The average molecular weight is 479 g/mol. The molecule has 2 heterocycles. The van der Waals surface area contributed by atoms with Crippen molar-refractivity contribution >= 4 is 40.8 Å². The number of benzene rings is 1. The van der Waals surface area contributed by atoms with E-state index in [0.29, 0.717) is 13.1 Å². The van der Waals surface area contributed by atoms with E-state index in [-0.39, 0.29) is 24.0 Å². The van der Waals surface area contributed by atoms with Crippen molar-refractivity contribution in [1.82, 2.24) is 30.4 Å². The summed E-state index contributed by atoms with van der Waals surface area (Å²) in [4.78, 5) is 8.04. The van der Waals surface area contributed by atoms with Gasteiger partial charge in [-0.2, -0.15) is 0 Å². The number of rotatable bonds is 7. The third-order valence-electron chi connectivity index (χ3n) is 4.25. The number of hydrogen-bond acceptors (Lipinski definition) is 3. The third-order valence-corrected chi connectivity index (χ3v) is 4.25. The molecule has 0 atom stereocenters. The number of aromatic amines is 1. The Hall–Kier alpha value is -2.36. The Bertz CT molecular complexity index is 877. The maximum atomic E-state index is 4.59. The van der Waals surface area contributed by atoms with Crippen molar-refractivity contribution in [2.24, 2.45) is 12.0 Å². The van der Waals surface area contributed by atoms with Crippen molar-refractivity contribution in [2.75, 3.05) is 13.1 Å². The van der Waals surface area contributed by atoms with E-state index in [1.807, 2.05) is 24.6 Å². The SMILES string of the molecule is C=CCNC(=NCc1nnc(C)n1C)NCCc1cc2ccccc2[nH]1.I. The second-order valence-electron chi connectivity index (χ2n) is 6.12. The highest BCUT2D eigenvalue weighted by atomic mass is 127. The van der Waals surface area contributed by atoms with E-state index in [4.69, 9.17) is 0 Å². The summed E-state index contributed by atoms with van der Waals surface area (Å²) in [6.45, 7) is 7.56. The molecule has 27 heavy (non-hydrogen) atoms. The maximum absolute atomic E-state index is 4.59. The Morgan fingerprint density at radius 2 is 2.11 bits per heavy atom. The Morgan fingerprint density at radius 3 is 2.81 bits per heavy atom. The summed E-state index contributed by atoms with van der Waals surface area (Å²) in [7, 11) is 1.94. The van der Waals surface area contributed by atoms with Gasteiger partial charge in [0.2, 0.25) is 0 Å². The van der Waals surface area contributed by atoms with Crippen LogP contribution in [-0.2, 0) is 20.0 Å². The Morgan fingerprint density at radius 1 is 1.30 bits per heavy atom. The van der Waals surface area contributed by atoms with Gasteiger partial charge in [0.05, 0.1) is 0 Å².